The topological polar surface area (TPSA) is 90.2 Å². The summed E-state index contributed by atoms with van der Waals surface area (Å²) >= 11 is 0. The maximum Gasteiger partial charge on any atom is 0.355 e. The second-order valence-electron chi connectivity index (χ2n) is 6.99. The van der Waals surface area contributed by atoms with Gasteiger partial charge < -0.3 is 11.1 Å². The van der Waals surface area contributed by atoms with Crippen LogP contribution in [0.2, 0.25) is 0 Å². The average Bonchev–Trinajstić information content (AvgIpc) is 3.32. The fourth-order valence-electron chi connectivity index (χ4n) is 3.85. The first-order valence-corrected chi connectivity index (χ1v) is 9.24. The van der Waals surface area contributed by atoms with Gasteiger partial charge in [0.1, 0.15) is 5.52 Å². The normalized spacial score (nSPS) is 15.0. The van der Waals surface area contributed by atoms with Gasteiger partial charge in [0.15, 0.2) is 5.82 Å². The molecule has 2 aromatic carbocycles. The van der Waals surface area contributed by atoms with Gasteiger partial charge in [0.2, 0.25) is 5.65 Å². The third kappa shape index (κ3) is 2.54. The average molecular weight is 360 g/mol. The van der Waals surface area contributed by atoms with Gasteiger partial charge in [-0.2, -0.15) is 4.68 Å². The van der Waals surface area contributed by atoms with Crippen molar-refractivity contribution in [3.05, 3.63) is 59.0 Å². The van der Waals surface area contributed by atoms with Crippen LogP contribution in [-0.2, 0) is 0 Å². The number of anilines is 2. The Bertz CT molecular complexity index is 1190. The lowest BCUT2D eigenvalue weighted by molar-refractivity contribution is 0.751. The van der Waals surface area contributed by atoms with Crippen LogP contribution >= 0.6 is 0 Å². The first-order chi connectivity index (χ1) is 13.2. The van der Waals surface area contributed by atoms with Crippen molar-refractivity contribution in [3.63, 3.8) is 0 Å². The third-order valence-corrected chi connectivity index (χ3v) is 5.20. The molecule has 2 heterocycles. The van der Waals surface area contributed by atoms with Crippen molar-refractivity contribution < 1.29 is 0 Å². The molecule has 0 aliphatic heterocycles. The molecule has 0 unspecified atom stereocenters. The molecule has 3 N–H and O–H groups in total. The van der Waals surface area contributed by atoms with Gasteiger partial charge in [-0.05, 0) is 37.1 Å². The Labute approximate surface area is 155 Å². The number of aromatic nitrogens is 4. The van der Waals surface area contributed by atoms with Crippen LogP contribution in [-0.4, -0.2) is 25.2 Å². The molecule has 1 saturated carbocycles. The van der Waals surface area contributed by atoms with E-state index in [0.29, 0.717) is 34.2 Å². The first-order valence-electron chi connectivity index (χ1n) is 9.24. The zero-order valence-corrected chi connectivity index (χ0v) is 14.8. The molecule has 1 fully saturated rings. The molecule has 0 spiro atoms. The molecule has 1 aliphatic rings. The van der Waals surface area contributed by atoms with E-state index in [4.69, 9.17) is 10.7 Å². The van der Waals surface area contributed by atoms with Crippen molar-refractivity contribution in [2.45, 2.75) is 31.7 Å². The Morgan fingerprint density at radius 2 is 1.81 bits per heavy atom. The molecule has 0 bridgehead atoms. The summed E-state index contributed by atoms with van der Waals surface area (Å²) in [5, 5.41) is 8.10. The van der Waals surface area contributed by atoms with Crippen LogP contribution in [0.3, 0.4) is 0 Å². The van der Waals surface area contributed by atoms with Crippen LogP contribution in [0, 0.1) is 0 Å². The van der Waals surface area contributed by atoms with E-state index in [-0.39, 0.29) is 5.69 Å². The minimum atomic E-state index is -0.233. The zero-order chi connectivity index (χ0) is 18.4. The molecule has 5 rings (SSSR count). The lowest BCUT2D eigenvalue weighted by Gasteiger charge is -2.14. The molecule has 0 amide bonds. The molecule has 136 valence electrons. The van der Waals surface area contributed by atoms with Crippen LogP contribution in [0.5, 0.6) is 0 Å². The SMILES string of the molecule is Nc1cccc2c1nc(NC1CCCC1)c1nn(-c3ccccc3)c(=O)n12. The molecule has 0 saturated heterocycles. The van der Waals surface area contributed by atoms with E-state index in [0.717, 1.165) is 18.5 Å². The van der Waals surface area contributed by atoms with Crippen LogP contribution in [0.1, 0.15) is 25.7 Å². The van der Waals surface area contributed by atoms with Crippen molar-refractivity contribution >= 4 is 28.2 Å². The van der Waals surface area contributed by atoms with Crippen LogP contribution in [0.25, 0.3) is 22.4 Å². The maximum atomic E-state index is 13.2. The van der Waals surface area contributed by atoms with E-state index in [1.54, 1.807) is 10.5 Å². The summed E-state index contributed by atoms with van der Waals surface area (Å²) in [6.07, 6.45) is 4.60. The minimum absolute atomic E-state index is 0.233. The number of nitrogen functional groups attached to an aromatic ring is 1. The highest BCUT2D eigenvalue weighted by Crippen LogP contribution is 2.27. The molecular formula is C20H20N6O. The number of nitrogens with one attached hydrogen (secondary N) is 1. The number of benzene rings is 2. The quantitative estimate of drug-likeness (QED) is 0.548. The predicted molar refractivity (Wildman–Crippen MR) is 106 cm³/mol. The largest absolute Gasteiger partial charge is 0.397 e. The summed E-state index contributed by atoms with van der Waals surface area (Å²) in [4.78, 5) is 18.0. The molecule has 7 nitrogen and oxygen atoms in total. The van der Waals surface area contributed by atoms with Gasteiger partial charge >= 0.3 is 5.69 Å². The second kappa shape index (κ2) is 6.12. The van der Waals surface area contributed by atoms with Crippen LogP contribution in [0.15, 0.2) is 53.3 Å². The van der Waals surface area contributed by atoms with Crippen molar-refractivity contribution in [1.29, 1.82) is 0 Å². The summed E-state index contributed by atoms with van der Waals surface area (Å²) in [6, 6.07) is 15.2. The standard InChI is InChI=1S/C20H20N6O/c21-15-11-6-12-16-17(15)23-18(22-13-7-4-5-8-13)19-24-26(20(27)25(16)19)14-9-2-1-3-10-14/h1-3,6,9-13H,4-5,7-8,21H2,(H,22,23). The first kappa shape index (κ1) is 15.9. The summed E-state index contributed by atoms with van der Waals surface area (Å²) in [6.45, 7) is 0. The van der Waals surface area contributed by atoms with Crippen LogP contribution in [0.4, 0.5) is 11.5 Å². The molecule has 1 aliphatic carbocycles. The summed E-state index contributed by atoms with van der Waals surface area (Å²) in [7, 11) is 0. The number of para-hydroxylation sites is 2. The minimum Gasteiger partial charge on any atom is -0.397 e. The van der Waals surface area contributed by atoms with E-state index >= 15 is 0 Å². The van der Waals surface area contributed by atoms with E-state index in [9.17, 15) is 4.79 Å². The van der Waals surface area contributed by atoms with Gasteiger partial charge in [-0.1, -0.05) is 37.1 Å². The molecule has 7 heteroatoms. The number of nitrogens with zero attached hydrogens (tertiary/aromatic N) is 4. The Hall–Kier alpha value is -3.35. The van der Waals surface area contributed by atoms with Crippen molar-refractivity contribution in [2.24, 2.45) is 0 Å². The molecule has 2 aromatic heterocycles. The second-order valence-corrected chi connectivity index (χ2v) is 6.99. The lowest BCUT2D eigenvalue weighted by Crippen LogP contribution is -2.21. The van der Waals surface area contributed by atoms with E-state index in [2.05, 4.69) is 10.4 Å². The van der Waals surface area contributed by atoms with Gasteiger partial charge in [0, 0.05) is 6.04 Å². The summed E-state index contributed by atoms with van der Waals surface area (Å²) < 4.78 is 3.02. The zero-order valence-electron chi connectivity index (χ0n) is 14.8. The number of rotatable bonds is 3. The summed E-state index contributed by atoms with van der Waals surface area (Å²) in [5.41, 5.74) is 8.98. The van der Waals surface area contributed by atoms with Crippen molar-refractivity contribution in [3.8, 4) is 5.69 Å². The van der Waals surface area contributed by atoms with Gasteiger partial charge in [-0.15, -0.1) is 5.10 Å². The highest BCUT2D eigenvalue weighted by atomic mass is 16.2. The van der Waals surface area contributed by atoms with E-state index < -0.39 is 0 Å². The number of nitrogens with two attached hydrogens (primary N) is 1. The Balaban J connectivity index is 1.82. The van der Waals surface area contributed by atoms with Crippen molar-refractivity contribution in [1.82, 2.24) is 19.2 Å². The monoisotopic (exact) mass is 360 g/mol. The van der Waals surface area contributed by atoms with Gasteiger partial charge in [0.05, 0.1) is 16.9 Å². The molecular weight excluding hydrogens is 340 g/mol. The van der Waals surface area contributed by atoms with Crippen LogP contribution < -0.4 is 16.7 Å². The van der Waals surface area contributed by atoms with Gasteiger partial charge in [-0.3, -0.25) is 0 Å². The third-order valence-electron chi connectivity index (χ3n) is 5.20. The number of hydrogen-bond acceptors (Lipinski definition) is 5. The number of fused-ring (bicyclic) bond motifs is 3. The molecule has 4 aromatic rings. The Kier molecular flexibility index (Phi) is 3.60. The molecule has 0 radical (unpaired) electrons. The van der Waals surface area contributed by atoms with E-state index in [1.807, 2.05) is 42.5 Å². The van der Waals surface area contributed by atoms with Crippen molar-refractivity contribution in [2.75, 3.05) is 11.1 Å². The fourth-order valence-corrected chi connectivity index (χ4v) is 3.85. The predicted octanol–water partition coefficient (Wildman–Crippen LogP) is 2.97. The molecule has 27 heavy (non-hydrogen) atoms. The summed E-state index contributed by atoms with van der Waals surface area (Å²) in [5.74, 6) is 0.610. The van der Waals surface area contributed by atoms with Gasteiger partial charge in [-0.25, -0.2) is 14.2 Å². The molecule has 0 atom stereocenters. The highest BCUT2D eigenvalue weighted by Gasteiger charge is 2.21. The Morgan fingerprint density at radius 3 is 2.59 bits per heavy atom. The number of hydrogen-bond donors (Lipinski definition) is 2. The smallest absolute Gasteiger partial charge is 0.355 e. The highest BCUT2D eigenvalue weighted by molar-refractivity contribution is 5.91. The lowest BCUT2D eigenvalue weighted by atomic mass is 10.2. The fraction of sp³-hybridized carbons (Fsp3) is 0.250. The maximum absolute atomic E-state index is 13.2. The Morgan fingerprint density at radius 1 is 1.04 bits per heavy atom. The van der Waals surface area contributed by atoms with E-state index in [1.165, 1.54) is 17.5 Å². The van der Waals surface area contributed by atoms with Gasteiger partial charge in [0.25, 0.3) is 0 Å².